The number of allylic oxidation sites excluding steroid dienone is 1. The quantitative estimate of drug-likeness (QED) is 0.806. The number of aliphatic hydroxyl groups excluding tert-OH is 1. The first-order valence-electron chi connectivity index (χ1n) is 5.93. The number of nitrogens with zero attached hydrogens (tertiary/aromatic N) is 2. The lowest BCUT2D eigenvalue weighted by Crippen LogP contribution is -2.33. The maximum absolute atomic E-state index is 9.45. The molecule has 90 valence electrons. The van der Waals surface area contributed by atoms with Crippen molar-refractivity contribution >= 4 is 11.9 Å². The molecule has 0 saturated carbocycles. The highest BCUT2D eigenvalue weighted by atomic mass is 16.3. The summed E-state index contributed by atoms with van der Waals surface area (Å²) >= 11 is 0. The summed E-state index contributed by atoms with van der Waals surface area (Å²) in [7, 11) is 0. The first kappa shape index (κ1) is 11.9. The van der Waals surface area contributed by atoms with Crippen LogP contribution in [-0.4, -0.2) is 24.1 Å². The zero-order valence-corrected chi connectivity index (χ0v) is 10.1. The number of rotatable bonds is 4. The monoisotopic (exact) mass is 230 g/mol. The van der Waals surface area contributed by atoms with Gasteiger partial charge >= 0.3 is 0 Å². The molecule has 0 spiro atoms. The maximum Gasteiger partial charge on any atom is 0.116 e. The second kappa shape index (κ2) is 5.15. The topological polar surface area (TPSA) is 35.8 Å². The highest BCUT2D eigenvalue weighted by Crippen LogP contribution is 2.30. The molecule has 17 heavy (non-hydrogen) atoms. The van der Waals surface area contributed by atoms with Crippen LogP contribution in [0.1, 0.15) is 18.9 Å². The van der Waals surface area contributed by atoms with Gasteiger partial charge in [0.1, 0.15) is 6.73 Å². The summed E-state index contributed by atoms with van der Waals surface area (Å²) < 4.78 is 0. The molecule has 1 aliphatic heterocycles. The Bertz CT molecular complexity index is 440. The summed E-state index contributed by atoms with van der Waals surface area (Å²) in [6.45, 7) is 5.91. The van der Waals surface area contributed by atoms with Crippen LogP contribution in [0.2, 0.25) is 0 Å². The third-order valence-electron chi connectivity index (χ3n) is 3.12. The fourth-order valence-corrected chi connectivity index (χ4v) is 2.07. The summed E-state index contributed by atoms with van der Waals surface area (Å²) in [4.78, 5) is 6.29. The summed E-state index contributed by atoms with van der Waals surface area (Å²) in [5.74, 6) is 0. The van der Waals surface area contributed by atoms with Crippen LogP contribution in [-0.2, 0) is 6.42 Å². The van der Waals surface area contributed by atoms with Crippen LogP contribution < -0.4 is 4.90 Å². The standard InChI is InChI=1S/C14H18N2O/c1-3-11(2)15-9-13-8-12-6-4-5-7-14(12)16(13)10-17/h4-7,9,13,17H,2-3,8,10H2,1H3/t13-/m0/s1. The molecule has 3 nitrogen and oxygen atoms in total. The van der Waals surface area contributed by atoms with Crippen LogP contribution in [0.15, 0.2) is 41.5 Å². The molecular weight excluding hydrogens is 212 g/mol. The first-order chi connectivity index (χ1) is 8.26. The molecule has 2 rings (SSSR count). The molecule has 1 aromatic rings. The fraction of sp³-hybridized carbons (Fsp3) is 0.357. The van der Waals surface area contributed by atoms with E-state index in [-0.39, 0.29) is 12.8 Å². The number of aliphatic imine (C=N–C) groups is 1. The van der Waals surface area contributed by atoms with E-state index in [9.17, 15) is 5.11 Å². The molecular formula is C14H18N2O. The summed E-state index contributed by atoms with van der Waals surface area (Å²) in [5.41, 5.74) is 3.24. The highest BCUT2D eigenvalue weighted by Gasteiger charge is 2.26. The van der Waals surface area contributed by atoms with Gasteiger partial charge in [-0.15, -0.1) is 0 Å². The van der Waals surface area contributed by atoms with Crippen molar-refractivity contribution in [3.63, 3.8) is 0 Å². The predicted octanol–water partition coefficient (Wildman–Crippen LogP) is 2.36. The average Bonchev–Trinajstić information content (AvgIpc) is 2.73. The average molecular weight is 230 g/mol. The van der Waals surface area contributed by atoms with E-state index in [4.69, 9.17) is 0 Å². The van der Waals surface area contributed by atoms with E-state index in [2.05, 4.69) is 17.6 Å². The Hall–Kier alpha value is -1.61. The van der Waals surface area contributed by atoms with Crippen LogP contribution in [0.4, 0.5) is 5.69 Å². The van der Waals surface area contributed by atoms with Crippen molar-refractivity contribution in [2.45, 2.75) is 25.8 Å². The van der Waals surface area contributed by atoms with Crippen molar-refractivity contribution in [3.05, 3.63) is 42.1 Å². The van der Waals surface area contributed by atoms with Gasteiger partial charge in [0.15, 0.2) is 0 Å². The van der Waals surface area contributed by atoms with Gasteiger partial charge in [-0.25, -0.2) is 0 Å². The highest BCUT2D eigenvalue weighted by molar-refractivity contribution is 5.77. The molecule has 0 saturated heterocycles. The Labute approximate surface area is 102 Å². The second-order valence-corrected chi connectivity index (χ2v) is 4.21. The van der Waals surface area contributed by atoms with E-state index in [0.29, 0.717) is 0 Å². The Morgan fingerprint density at radius 2 is 2.35 bits per heavy atom. The normalized spacial score (nSPS) is 18.7. The molecule has 0 amide bonds. The van der Waals surface area contributed by atoms with Crippen LogP contribution in [0.25, 0.3) is 0 Å². The lowest BCUT2D eigenvalue weighted by molar-refractivity contribution is 0.289. The zero-order chi connectivity index (χ0) is 12.3. The van der Waals surface area contributed by atoms with Crippen LogP contribution in [0, 0.1) is 0 Å². The van der Waals surface area contributed by atoms with E-state index >= 15 is 0 Å². The zero-order valence-electron chi connectivity index (χ0n) is 10.1. The van der Waals surface area contributed by atoms with Gasteiger partial charge in [0.25, 0.3) is 0 Å². The molecule has 0 fully saturated rings. The van der Waals surface area contributed by atoms with Crippen molar-refractivity contribution in [1.29, 1.82) is 0 Å². The van der Waals surface area contributed by atoms with E-state index in [0.717, 1.165) is 24.2 Å². The van der Waals surface area contributed by atoms with Gasteiger partial charge in [-0.3, -0.25) is 4.99 Å². The van der Waals surface area contributed by atoms with Gasteiger partial charge in [-0.2, -0.15) is 0 Å². The van der Waals surface area contributed by atoms with Crippen LogP contribution >= 0.6 is 0 Å². The van der Waals surface area contributed by atoms with E-state index < -0.39 is 0 Å². The van der Waals surface area contributed by atoms with Gasteiger partial charge in [0, 0.05) is 17.6 Å². The minimum absolute atomic E-state index is 0.0201. The third kappa shape index (κ3) is 2.39. The van der Waals surface area contributed by atoms with Crippen molar-refractivity contribution in [1.82, 2.24) is 0 Å². The molecule has 0 aliphatic carbocycles. The lowest BCUT2D eigenvalue weighted by Gasteiger charge is -2.21. The maximum atomic E-state index is 9.45. The number of benzene rings is 1. The van der Waals surface area contributed by atoms with Gasteiger partial charge in [-0.05, 0) is 24.5 Å². The van der Waals surface area contributed by atoms with Crippen LogP contribution in [0.5, 0.6) is 0 Å². The minimum atomic E-state index is 0.0201. The third-order valence-corrected chi connectivity index (χ3v) is 3.12. The molecule has 1 atom stereocenters. The molecule has 0 bridgehead atoms. The van der Waals surface area contributed by atoms with E-state index in [1.807, 2.05) is 36.2 Å². The van der Waals surface area contributed by atoms with E-state index in [1.54, 1.807) is 0 Å². The molecule has 0 unspecified atom stereocenters. The molecule has 1 heterocycles. The number of fused-ring (bicyclic) bond motifs is 1. The van der Waals surface area contributed by atoms with Crippen molar-refractivity contribution < 1.29 is 5.11 Å². The summed E-state index contributed by atoms with van der Waals surface area (Å²) in [5, 5.41) is 9.45. The minimum Gasteiger partial charge on any atom is -0.376 e. The molecule has 3 heteroatoms. The second-order valence-electron chi connectivity index (χ2n) is 4.21. The molecule has 0 radical (unpaired) electrons. The number of hydrogen-bond donors (Lipinski definition) is 1. The Morgan fingerprint density at radius 3 is 3.06 bits per heavy atom. The summed E-state index contributed by atoms with van der Waals surface area (Å²) in [6, 6.07) is 8.29. The lowest BCUT2D eigenvalue weighted by atomic mass is 10.1. The largest absolute Gasteiger partial charge is 0.376 e. The fourth-order valence-electron chi connectivity index (χ4n) is 2.07. The van der Waals surface area contributed by atoms with Gasteiger partial charge < -0.3 is 10.0 Å². The van der Waals surface area contributed by atoms with Gasteiger partial charge in [-0.1, -0.05) is 31.7 Å². The van der Waals surface area contributed by atoms with Crippen LogP contribution in [0.3, 0.4) is 0 Å². The Kier molecular flexibility index (Phi) is 3.59. The van der Waals surface area contributed by atoms with Crippen molar-refractivity contribution in [2.24, 2.45) is 4.99 Å². The predicted molar refractivity (Wildman–Crippen MR) is 71.4 cm³/mol. The Morgan fingerprint density at radius 1 is 1.59 bits per heavy atom. The molecule has 1 aromatic carbocycles. The van der Waals surface area contributed by atoms with Gasteiger partial charge in [0.2, 0.25) is 0 Å². The number of hydrogen-bond acceptors (Lipinski definition) is 3. The first-order valence-corrected chi connectivity index (χ1v) is 5.93. The van der Waals surface area contributed by atoms with Gasteiger partial charge in [0.05, 0.1) is 6.04 Å². The molecule has 0 aromatic heterocycles. The van der Waals surface area contributed by atoms with E-state index in [1.165, 1.54) is 5.56 Å². The number of para-hydroxylation sites is 1. The number of anilines is 1. The Balaban J connectivity index is 2.18. The SMILES string of the molecule is C=C(CC)N=C[C@@H]1Cc2ccccc2N1CO. The summed E-state index contributed by atoms with van der Waals surface area (Å²) in [6.07, 6.45) is 3.65. The molecule has 1 N–H and O–H groups in total. The molecule has 1 aliphatic rings. The van der Waals surface area contributed by atoms with Crippen molar-refractivity contribution in [2.75, 3.05) is 11.6 Å². The number of aliphatic hydroxyl groups is 1. The smallest absolute Gasteiger partial charge is 0.116 e. The van der Waals surface area contributed by atoms with Crippen molar-refractivity contribution in [3.8, 4) is 0 Å².